The monoisotopic (exact) mass is 417 g/mol. The highest BCUT2D eigenvalue weighted by atomic mass is 32.2. The maximum Gasteiger partial charge on any atom is 0.339 e. The van der Waals surface area contributed by atoms with Gasteiger partial charge in [-0.1, -0.05) is 12.1 Å². The largest absolute Gasteiger partial charge is 0.456 e. The lowest BCUT2D eigenvalue weighted by atomic mass is 10.2. The topological polar surface area (TPSA) is 89.8 Å². The molecule has 0 aliphatic carbocycles. The van der Waals surface area contributed by atoms with Crippen LogP contribution in [0.4, 0.5) is 0 Å². The molecule has 1 aromatic carbocycles. The van der Waals surface area contributed by atoms with Crippen molar-refractivity contribution in [2.45, 2.75) is 31.4 Å². The average Bonchev–Trinajstić information content (AvgIpc) is 3.13. The van der Waals surface area contributed by atoms with Crippen molar-refractivity contribution in [1.82, 2.24) is 14.7 Å². The number of carbonyl (C=O) groups excluding carboxylic acids is 2. The fraction of sp³-hybridized carbons (Fsp3) is 0.263. The van der Waals surface area contributed by atoms with E-state index >= 15 is 0 Å². The molecule has 7 nitrogen and oxygen atoms in total. The highest BCUT2D eigenvalue weighted by Crippen LogP contribution is 2.23. The molecule has 0 spiro atoms. The average molecular weight is 418 g/mol. The van der Waals surface area contributed by atoms with E-state index in [4.69, 9.17) is 4.74 Å². The second kappa shape index (κ2) is 9.03. The summed E-state index contributed by atoms with van der Waals surface area (Å²) in [5.74, 6) is -0.423. The summed E-state index contributed by atoms with van der Waals surface area (Å²) < 4.78 is 6.78. The normalized spacial score (nSPS) is 11.0. The molecule has 0 aliphatic heterocycles. The zero-order valence-corrected chi connectivity index (χ0v) is 17.0. The molecule has 1 N–H and O–H groups in total. The number of hydrogen-bond acceptors (Lipinski definition) is 7. The van der Waals surface area contributed by atoms with Gasteiger partial charge in [0.15, 0.2) is 4.96 Å². The molecule has 0 saturated carbocycles. The van der Waals surface area contributed by atoms with E-state index in [0.717, 1.165) is 0 Å². The van der Waals surface area contributed by atoms with Crippen molar-refractivity contribution in [3.8, 4) is 0 Å². The lowest BCUT2D eigenvalue weighted by Gasteiger charge is -2.10. The zero-order valence-electron chi connectivity index (χ0n) is 15.4. The third kappa shape index (κ3) is 4.99. The number of esters is 1. The molecule has 28 heavy (non-hydrogen) atoms. The number of aromatic nitrogens is 2. The Hall–Kier alpha value is -2.65. The molecule has 0 aliphatic rings. The lowest BCUT2D eigenvalue weighted by Crippen LogP contribution is -2.31. The van der Waals surface area contributed by atoms with Gasteiger partial charge in [-0.15, -0.1) is 23.1 Å². The Morgan fingerprint density at radius 2 is 2.11 bits per heavy atom. The number of fused-ring (bicyclic) bond motifs is 1. The SMILES string of the molecule is CC(C)NC(=O)CSc1ccccc1C(=O)OCc1cc(=O)n2ccsc2n1. The predicted octanol–water partition coefficient (Wildman–Crippen LogP) is 2.73. The Bertz CT molecular complexity index is 1060. The van der Waals surface area contributed by atoms with Crippen LogP contribution >= 0.6 is 23.1 Å². The summed E-state index contributed by atoms with van der Waals surface area (Å²) in [5.41, 5.74) is 0.547. The molecule has 2 aromatic heterocycles. The molecule has 146 valence electrons. The number of thioether (sulfide) groups is 1. The van der Waals surface area contributed by atoms with Crippen LogP contribution in [0.5, 0.6) is 0 Å². The van der Waals surface area contributed by atoms with Crippen LogP contribution in [0.2, 0.25) is 0 Å². The minimum absolute atomic E-state index is 0.0607. The number of carbonyl (C=O) groups is 2. The van der Waals surface area contributed by atoms with Crippen molar-refractivity contribution in [3.05, 3.63) is 63.5 Å². The lowest BCUT2D eigenvalue weighted by molar-refractivity contribution is -0.119. The highest BCUT2D eigenvalue weighted by molar-refractivity contribution is 8.00. The number of nitrogens with zero attached hydrogens (tertiary/aromatic N) is 2. The first-order valence-electron chi connectivity index (χ1n) is 8.58. The third-order valence-corrected chi connectivity index (χ3v) is 5.45. The van der Waals surface area contributed by atoms with E-state index in [-0.39, 0.29) is 29.9 Å². The van der Waals surface area contributed by atoms with E-state index in [1.165, 1.54) is 33.6 Å². The van der Waals surface area contributed by atoms with E-state index in [1.54, 1.807) is 35.8 Å². The molecular formula is C19H19N3O4S2. The van der Waals surface area contributed by atoms with E-state index in [2.05, 4.69) is 10.3 Å². The number of thiazole rings is 1. The first kappa shape index (κ1) is 20.1. The first-order chi connectivity index (χ1) is 13.4. The summed E-state index contributed by atoms with van der Waals surface area (Å²) in [6.45, 7) is 3.68. The Morgan fingerprint density at radius 3 is 2.89 bits per heavy atom. The summed E-state index contributed by atoms with van der Waals surface area (Å²) in [6, 6.07) is 8.36. The molecule has 0 unspecified atom stereocenters. The highest BCUT2D eigenvalue weighted by Gasteiger charge is 2.15. The number of nitrogens with one attached hydrogen (secondary N) is 1. The summed E-state index contributed by atoms with van der Waals surface area (Å²) in [5, 5.41) is 4.58. The van der Waals surface area contributed by atoms with Crippen LogP contribution in [-0.2, 0) is 16.1 Å². The third-order valence-electron chi connectivity index (χ3n) is 3.62. The summed E-state index contributed by atoms with van der Waals surface area (Å²) in [6.07, 6.45) is 1.65. The van der Waals surface area contributed by atoms with Crippen LogP contribution in [0.3, 0.4) is 0 Å². The molecule has 3 aromatic rings. The molecule has 0 radical (unpaired) electrons. The van der Waals surface area contributed by atoms with Crippen molar-refractivity contribution >= 4 is 39.9 Å². The maximum absolute atomic E-state index is 12.5. The van der Waals surface area contributed by atoms with Crippen molar-refractivity contribution < 1.29 is 14.3 Å². The number of rotatable bonds is 7. The van der Waals surface area contributed by atoms with Gasteiger partial charge in [-0.05, 0) is 26.0 Å². The van der Waals surface area contributed by atoms with Crippen LogP contribution in [0.15, 0.2) is 51.6 Å². The van der Waals surface area contributed by atoms with Gasteiger partial charge in [0.05, 0.1) is 17.0 Å². The van der Waals surface area contributed by atoms with Crippen LogP contribution in [0.25, 0.3) is 4.96 Å². The van der Waals surface area contributed by atoms with Gasteiger partial charge in [0.1, 0.15) is 6.61 Å². The zero-order chi connectivity index (χ0) is 20.1. The second-order valence-electron chi connectivity index (χ2n) is 6.22. The first-order valence-corrected chi connectivity index (χ1v) is 10.4. The molecule has 3 rings (SSSR count). The van der Waals surface area contributed by atoms with E-state index in [9.17, 15) is 14.4 Å². The van der Waals surface area contributed by atoms with E-state index in [1.807, 2.05) is 13.8 Å². The van der Waals surface area contributed by atoms with Gasteiger partial charge in [-0.3, -0.25) is 14.0 Å². The smallest absolute Gasteiger partial charge is 0.339 e. The van der Waals surface area contributed by atoms with E-state index < -0.39 is 5.97 Å². The Morgan fingerprint density at radius 1 is 1.32 bits per heavy atom. The van der Waals surface area contributed by atoms with Crippen molar-refractivity contribution in [2.75, 3.05) is 5.75 Å². The number of hydrogen-bond donors (Lipinski definition) is 1. The maximum atomic E-state index is 12.5. The number of ether oxygens (including phenoxy) is 1. The van der Waals surface area contributed by atoms with Gasteiger partial charge in [0.25, 0.3) is 5.56 Å². The Balaban J connectivity index is 1.67. The van der Waals surface area contributed by atoms with Gasteiger partial charge in [-0.2, -0.15) is 0 Å². The minimum atomic E-state index is -0.527. The summed E-state index contributed by atoms with van der Waals surface area (Å²) in [7, 11) is 0. The Labute approximate surface area is 169 Å². The molecule has 0 fully saturated rings. The molecule has 2 heterocycles. The fourth-order valence-electron chi connectivity index (χ4n) is 2.45. The standard InChI is InChI=1S/C19H19N3O4S2/c1-12(2)20-16(23)11-28-15-6-4-3-5-14(15)18(25)26-10-13-9-17(24)22-7-8-27-19(22)21-13/h3-9,12H,10-11H2,1-2H3,(H,20,23). The molecule has 0 saturated heterocycles. The van der Waals surface area contributed by atoms with Gasteiger partial charge in [0.2, 0.25) is 5.91 Å². The number of amides is 1. The second-order valence-corrected chi connectivity index (χ2v) is 8.11. The number of benzene rings is 1. The summed E-state index contributed by atoms with van der Waals surface area (Å²) in [4.78, 5) is 41.9. The quantitative estimate of drug-likeness (QED) is 0.470. The van der Waals surface area contributed by atoms with Crippen LogP contribution in [-0.4, -0.2) is 33.1 Å². The predicted molar refractivity (Wildman–Crippen MR) is 109 cm³/mol. The van der Waals surface area contributed by atoms with Crippen molar-refractivity contribution in [2.24, 2.45) is 0 Å². The molecule has 0 atom stereocenters. The Kier molecular flexibility index (Phi) is 6.48. The van der Waals surface area contributed by atoms with Crippen LogP contribution < -0.4 is 10.9 Å². The fourth-order valence-corrected chi connectivity index (χ4v) is 4.04. The summed E-state index contributed by atoms with van der Waals surface area (Å²) >= 11 is 2.60. The van der Waals surface area contributed by atoms with Gasteiger partial charge in [0, 0.05) is 28.6 Å². The molecular weight excluding hydrogens is 398 g/mol. The van der Waals surface area contributed by atoms with Gasteiger partial charge in [-0.25, -0.2) is 9.78 Å². The van der Waals surface area contributed by atoms with Crippen molar-refractivity contribution in [3.63, 3.8) is 0 Å². The van der Waals surface area contributed by atoms with Crippen LogP contribution in [0, 0.1) is 0 Å². The minimum Gasteiger partial charge on any atom is -0.456 e. The van der Waals surface area contributed by atoms with Gasteiger partial charge >= 0.3 is 5.97 Å². The van der Waals surface area contributed by atoms with Crippen LogP contribution in [0.1, 0.15) is 29.9 Å². The molecule has 0 bridgehead atoms. The molecule has 9 heteroatoms. The molecule has 1 amide bonds. The van der Waals surface area contributed by atoms with E-state index in [0.29, 0.717) is 21.1 Å². The van der Waals surface area contributed by atoms with Crippen molar-refractivity contribution in [1.29, 1.82) is 0 Å². The van der Waals surface area contributed by atoms with Gasteiger partial charge < -0.3 is 10.1 Å².